The molecule has 1 aliphatic heterocycles. The van der Waals surface area contributed by atoms with Crippen molar-refractivity contribution < 1.29 is 4.79 Å². The number of thiophene rings is 1. The lowest BCUT2D eigenvalue weighted by molar-refractivity contribution is -0.127. The first-order chi connectivity index (χ1) is 9.06. The molecule has 0 bridgehead atoms. The molecule has 1 aromatic rings. The molecule has 0 spiro atoms. The van der Waals surface area contributed by atoms with Crippen LogP contribution in [0.4, 0.5) is 0 Å². The van der Waals surface area contributed by atoms with E-state index in [2.05, 4.69) is 15.9 Å². The summed E-state index contributed by atoms with van der Waals surface area (Å²) in [5, 5.41) is 0. The number of hydrogen-bond donors (Lipinski definition) is 1. The zero-order valence-electron chi connectivity index (χ0n) is 11.0. The second kappa shape index (κ2) is 6.68. The van der Waals surface area contributed by atoms with Gasteiger partial charge in [-0.2, -0.15) is 0 Å². The minimum atomic E-state index is 0.0925. The van der Waals surface area contributed by atoms with Gasteiger partial charge in [-0.25, -0.2) is 0 Å². The second-order valence-corrected chi connectivity index (χ2v) is 7.52. The van der Waals surface area contributed by atoms with Gasteiger partial charge in [0.2, 0.25) is 5.91 Å². The number of carbonyl (C=O) groups excluding carboxylic acids is 1. The SMILES string of the molecule is CC(N)C1CCCN(C(=O)C=Cc2ccc(Br)s2)C1. The van der Waals surface area contributed by atoms with Gasteiger partial charge >= 0.3 is 0 Å². The third-order valence-corrected chi connectivity index (χ3v) is 5.09. The van der Waals surface area contributed by atoms with Crippen molar-refractivity contribution in [3.63, 3.8) is 0 Å². The average Bonchev–Trinajstić information content (AvgIpc) is 2.82. The van der Waals surface area contributed by atoms with E-state index in [1.54, 1.807) is 17.4 Å². The van der Waals surface area contributed by atoms with E-state index in [0.717, 1.165) is 34.6 Å². The van der Waals surface area contributed by atoms with Crippen LogP contribution in [-0.4, -0.2) is 29.9 Å². The monoisotopic (exact) mass is 342 g/mol. The summed E-state index contributed by atoms with van der Waals surface area (Å²) in [5.41, 5.74) is 5.94. The minimum absolute atomic E-state index is 0.0925. The Kier molecular flexibility index (Phi) is 5.19. The topological polar surface area (TPSA) is 46.3 Å². The largest absolute Gasteiger partial charge is 0.339 e. The summed E-state index contributed by atoms with van der Waals surface area (Å²) >= 11 is 5.04. The minimum Gasteiger partial charge on any atom is -0.339 e. The maximum Gasteiger partial charge on any atom is 0.246 e. The molecule has 2 rings (SSSR count). The van der Waals surface area contributed by atoms with Crippen LogP contribution >= 0.6 is 27.3 Å². The van der Waals surface area contributed by atoms with Crippen LogP contribution in [0.3, 0.4) is 0 Å². The van der Waals surface area contributed by atoms with Gasteiger partial charge in [-0.3, -0.25) is 4.79 Å². The van der Waals surface area contributed by atoms with Gasteiger partial charge in [0.1, 0.15) is 0 Å². The van der Waals surface area contributed by atoms with Gasteiger partial charge < -0.3 is 10.6 Å². The maximum atomic E-state index is 12.1. The van der Waals surface area contributed by atoms with Crippen LogP contribution in [0, 0.1) is 5.92 Å². The molecule has 2 atom stereocenters. The van der Waals surface area contributed by atoms with Crippen LogP contribution in [0.5, 0.6) is 0 Å². The normalized spacial score (nSPS) is 21.8. The Morgan fingerprint density at radius 1 is 1.63 bits per heavy atom. The van der Waals surface area contributed by atoms with Gasteiger partial charge in [-0.1, -0.05) is 0 Å². The van der Waals surface area contributed by atoms with Crippen LogP contribution in [-0.2, 0) is 4.79 Å². The fourth-order valence-electron chi connectivity index (χ4n) is 2.32. The van der Waals surface area contributed by atoms with Gasteiger partial charge in [0, 0.05) is 30.1 Å². The Morgan fingerprint density at radius 3 is 3.05 bits per heavy atom. The molecule has 0 saturated carbocycles. The van der Waals surface area contributed by atoms with Gasteiger partial charge in [-0.05, 0) is 59.8 Å². The highest BCUT2D eigenvalue weighted by atomic mass is 79.9. The lowest BCUT2D eigenvalue weighted by atomic mass is 9.92. The van der Waals surface area contributed by atoms with Crippen LogP contribution in [0.1, 0.15) is 24.6 Å². The van der Waals surface area contributed by atoms with Crippen molar-refractivity contribution in [1.29, 1.82) is 0 Å². The molecule has 1 saturated heterocycles. The highest BCUT2D eigenvalue weighted by molar-refractivity contribution is 9.11. The molecule has 1 aliphatic rings. The molecule has 0 aliphatic carbocycles. The first-order valence-corrected chi connectivity index (χ1v) is 8.15. The van der Waals surface area contributed by atoms with Gasteiger partial charge in [0.05, 0.1) is 3.79 Å². The number of nitrogens with zero attached hydrogens (tertiary/aromatic N) is 1. The van der Waals surface area contributed by atoms with Crippen molar-refractivity contribution in [3.8, 4) is 0 Å². The predicted molar refractivity (Wildman–Crippen MR) is 84.0 cm³/mol. The second-order valence-electron chi connectivity index (χ2n) is 5.02. The zero-order valence-corrected chi connectivity index (χ0v) is 13.4. The Labute approximate surface area is 126 Å². The van der Waals surface area contributed by atoms with Crippen LogP contribution < -0.4 is 5.73 Å². The summed E-state index contributed by atoms with van der Waals surface area (Å²) in [6.45, 7) is 3.66. The lowest BCUT2D eigenvalue weighted by Crippen LogP contribution is -2.44. The number of amides is 1. The van der Waals surface area contributed by atoms with E-state index >= 15 is 0 Å². The number of hydrogen-bond acceptors (Lipinski definition) is 3. The van der Waals surface area contributed by atoms with E-state index in [0.29, 0.717) is 5.92 Å². The van der Waals surface area contributed by atoms with Crippen LogP contribution in [0.15, 0.2) is 22.0 Å². The van der Waals surface area contributed by atoms with E-state index in [-0.39, 0.29) is 11.9 Å². The number of carbonyl (C=O) groups is 1. The molecule has 2 heterocycles. The molecule has 2 unspecified atom stereocenters. The van der Waals surface area contributed by atoms with Gasteiger partial charge in [-0.15, -0.1) is 11.3 Å². The van der Waals surface area contributed by atoms with E-state index in [1.807, 2.05) is 30.0 Å². The van der Waals surface area contributed by atoms with Crippen molar-refractivity contribution in [2.75, 3.05) is 13.1 Å². The molecular formula is C14H19BrN2OS. The van der Waals surface area contributed by atoms with E-state index in [4.69, 9.17) is 5.73 Å². The Balaban J connectivity index is 1.94. The summed E-state index contributed by atoms with van der Waals surface area (Å²) in [6.07, 6.45) is 5.73. The van der Waals surface area contributed by atoms with Crippen molar-refractivity contribution in [2.24, 2.45) is 11.7 Å². The first kappa shape index (κ1) is 14.8. The standard InChI is InChI=1S/C14H19BrN2OS/c1-10(16)11-3-2-8-17(9-11)14(18)7-5-12-4-6-13(15)19-12/h4-7,10-11H,2-3,8-9,16H2,1H3. The molecule has 1 aromatic heterocycles. The van der Waals surface area contributed by atoms with Crippen molar-refractivity contribution >= 4 is 39.2 Å². The molecule has 104 valence electrons. The highest BCUT2D eigenvalue weighted by Gasteiger charge is 2.24. The Hall–Kier alpha value is -0.650. The lowest BCUT2D eigenvalue weighted by Gasteiger charge is -2.34. The summed E-state index contributed by atoms with van der Waals surface area (Å²) in [6, 6.07) is 4.15. The van der Waals surface area contributed by atoms with Crippen molar-refractivity contribution in [2.45, 2.75) is 25.8 Å². The summed E-state index contributed by atoms with van der Waals surface area (Å²) < 4.78 is 1.08. The fraction of sp³-hybridized carbons (Fsp3) is 0.500. The molecule has 5 heteroatoms. The number of rotatable bonds is 3. The predicted octanol–water partition coefficient (Wildman–Crippen LogP) is 3.11. The first-order valence-electron chi connectivity index (χ1n) is 6.54. The maximum absolute atomic E-state index is 12.1. The summed E-state index contributed by atoms with van der Waals surface area (Å²) in [5.74, 6) is 0.525. The van der Waals surface area contributed by atoms with Gasteiger partial charge in [0.15, 0.2) is 0 Å². The Bertz CT molecular complexity index is 470. The van der Waals surface area contributed by atoms with E-state index < -0.39 is 0 Å². The molecular weight excluding hydrogens is 324 g/mol. The molecule has 1 amide bonds. The number of likely N-dealkylation sites (tertiary alicyclic amines) is 1. The Morgan fingerprint density at radius 2 is 2.42 bits per heavy atom. The van der Waals surface area contributed by atoms with E-state index in [1.165, 1.54) is 0 Å². The number of nitrogens with two attached hydrogens (primary N) is 1. The van der Waals surface area contributed by atoms with Crippen molar-refractivity contribution in [3.05, 3.63) is 26.9 Å². The highest BCUT2D eigenvalue weighted by Crippen LogP contribution is 2.23. The molecule has 19 heavy (non-hydrogen) atoms. The molecule has 0 radical (unpaired) electrons. The quantitative estimate of drug-likeness (QED) is 0.858. The fourth-order valence-corrected chi connectivity index (χ4v) is 3.64. The zero-order chi connectivity index (χ0) is 13.8. The third-order valence-electron chi connectivity index (χ3n) is 3.50. The average molecular weight is 343 g/mol. The molecule has 2 N–H and O–H groups in total. The summed E-state index contributed by atoms with van der Waals surface area (Å²) in [7, 11) is 0. The molecule has 3 nitrogen and oxygen atoms in total. The van der Waals surface area contributed by atoms with Crippen LogP contribution in [0.2, 0.25) is 0 Å². The van der Waals surface area contributed by atoms with Crippen molar-refractivity contribution in [1.82, 2.24) is 4.90 Å². The molecule has 1 fully saturated rings. The summed E-state index contributed by atoms with van der Waals surface area (Å²) in [4.78, 5) is 15.1. The third kappa shape index (κ3) is 4.16. The molecule has 0 aromatic carbocycles. The smallest absolute Gasteiger partial charge is 0.246 e. The number of halogens is 1. The van der Waals surface area contributed by atoms with Crippen LogP contribution in [0.25, 0.3) is 6.08 Å². The van der Waals surface area contributed by atoms with Gasteiger partial charge in [0.25, 0.3) is 0 Å². The number of piperidine rings is 1. The van der Waals surface area contributed by atoms with E-state index in [9.17, 15) is 4.79 Å².